The van der Waals surface area contributed by atoms with Crippen LogP contribution in [0.3, 0.4) is 0 Å². The lowest BCUT2D eigenvalue weighted by molar-refractivity contribution is 0.0519. The minimum atomic E-state index is -0.235. The first kappa shape index (κ1) is 14.6. The molecule has 1 amide bonds. The molecule has 0 radical (unpaired) electrons. The van der Waals surface area contributed by atoms with E-state index < -0.39 is 0 Å². The Bertz CT molecular complexity index is 526. The van der Waals surface area contributed by atoms with Gasteiger partial charge < -0.3 is 10.0 Å². The molecule has 1 saturated heterocycles. The molecule has 3 atom stereocenters. The number of carbonyl (C=O) groups is 1. The van der Waals surface area contributed by atoms with Crippen molar-refractivity contribution >= 4 is 5.91 Å². The summed E-state index contributed by atoms with van der Waals surface area (Å²) in [5, 5.41) is 14.5. The molecule has 1 N–H and O–H groups in total. The third-order valence-electron chi connectivity index (χ3n) is 5.10. The first-order valence-electron chi connectivity index (χ1n) is 8.13. The van der Waals surface area contributed by atoms with Gasteiger partial charge in [0.2, 0.25) is 0 Å². The Labute approximate surface area is 125 Å². The van der Waals surface area contributed by atoms with Crippen molar-refractivity contribution in [2.24, 2.45) is 13.0 Å². The van der Waals surface area contributed by atoms with E-state index in [1.165, 1.54) is 0 Å². The van der Waals surface area contributed by atoms with Crippen LogP contribution in [-0.2, 0) is 13.5 Å². The van der Waals surface area contributed by atoms with Gasteiger partial charge in [0, 0.05) is 25.6 Å². The number of hydrogen-bond donors (Lipinski definition) is 1. The smallest absolute Gasteiger partial charge is 0.272 e. The van der Waals surface area contributed by atoms with E-state index in [1.54, 1.807) is 4.68 Å². The van der Waals surface area contributed by atoms with Crippen molar-refractivity contribution in [2.75, 3.05) is 6.54 Å². The van der Waals surface area contributed by atoms with Crippen molar-refractivity contribution < 1.29 is 9.90 Å². The molecule has 1 aromatic rings. The predicted octanol–water partition coefficient (Wildman–Crippen LogP) is 1.75. The van der Waals surface area contributed by atoms with E-state index in [0.717, 1.165) is 50.8 Å². The number of nitrogens with zero attached hydrogens (tertiary/aromatic N) is 3. The minimum absolute atomic E-state index is 0.0753. The summed E-state index contributed by atoms with van der Waals surface area (Å²) in [6.07, 6.45) is 5.67. The second-order valence-corrected chi connectivity index (χ2v) is 6.37. The molecule has 3 unspecified atom stereocenters. The molecule has 116 valence electrons. The standard InChI is InChI=1S/C16H25N3O2/c1-3-11-10-14(18(2)17-11)16(21)19-9-5-7-13(19)12-6-4-8-15(12)20/h10,12-13,15,20H,3-9H2,1-2H3. The number of likely N-dealkylation sites (tertiary alicyclic amines) is 1. The Kier molecular flexibility index (Phi) is 4.02. The summed E-state index contributed by atoms with van der Waals surface area (Å²) in [5.41, 5.74) is 1.63. The van der Waals surface area contributed by atoms with Gasteiger partial charge in [-0.15, -0.1) is 0 Å². The molecule has 5 heteroatoms. The van der Waals surface area contributed by atoms with Crippen LogP contribution in [0.25, 0.3) is 0 Å². The lowest BCUT2D eigenvalue weighted by atomic mass is 9.94. The summed E-state index contributed by atoms with van der Waals surface area (Å²) >= 11 is 0. The quantitative estimate of drug-likeness (QED) is 0.923. The Morgan fingerprint density at radius 1 is 1.38 bits per heavy atom. The van der Waals surface area contributed by atoms with Crippen molar-refractivity contribution in [1.82, 2.24) is 14.7 Å². The number of aliphatic hydroxyl groups excluding tert-OH is 1. The molecule has 2 heterocycles. The maximum Gasteiger partial charge on any atom is 0.272 e. The molecule has 1 aromatic heterocycles. The third-order valence-corrected chi connectivity index (χ3v) is 5.10. The number of aliphatic hydroxyl groups is 1. The maximum atomic E-state index is 12.9. The van der Waals surface area contributed by atoms with Gasteiger partial charge in [-0.25, -0.2) is 0 Å². The zero-order valence-corrected chi connectivity index (χ0v) is 13.0. The molecule has 21 heavy (non-hydrogen) atoms. The van der Waals surface area contributed by atoms with Gasteiger partial charge in [-0.2, -0.15) is 5.10 Å². The second kappa shape index (κ2) is 5.79. The van der Waals surface area contributed by atoms with E-state index in [-0.39, 0.29) is 24.0 Å². The van der Waals surface area contributed by atoms with Gasteiger partial charge in [-0.1, -0.05) is 13.3 Å². The van der Waals surface area contributed by atoms with Crippen LogP contribution in [0.15, 0.2) is 6.07 Å². The van der Waals surface area contributed by atoms with Gasteiger partial charge in [-0.05, 0) is 38.2 Å². The van der Waals surface area contributed by atoms with E-state index in [1.807, 2.05) is 24.9 Å². The van der Waals surface area contributed by atoms with E-state index in [4.69, 9.17) is 0 Å². The first-order valence-corrected chi connectivity index (χ1v) is 8.13. The fraction of sp³-hybridized carbons (Fsp3) is 0.750. The molecule has 1 aliphatic heterocycles. The Morgan fingerprint density at radius 2 is 2.19 bits per heavy atom. The van der Waals surface area contributed by atoms with Gasteiger partial charge in [0.15, 0.2) is 0 Å². The van der Waals surface area contributed by atoms with Gasteiger partial charge in [0.1, 0.15) is 5.69 Å². The highest BCUT2D eigenvalue weighted by molar-refractivity contribution is 5.93. The zero-order valence-electron chi connectivity index (χ0n) is 13.0. The van der Waals surface area contributed by atoms with Gasteiger partial charge >= 0.3 is 0 Å². The molecule has 1 saturated carbocycles. The lowest BCUT2D eigenvalue weighted by Gasteiger charge is -2.31. The van der Waals surface area contributed by atoms with Crippen LogP contribution in [-0.4, -0.2) is 44.4 Å². The van der Waals surface area contributed by atoms with Crippen LogP contribution in [0.2, 0.25) is 0 Å². The summed E-state index contributed by atoms with van der Waals surface area (Å²) in [7, 11) is 1.84. The molecule has 1 aliphatic carbocycles. The fourth-order valence-corrected chi connectivity index (χ4v) is 3.95. The van der Waals surface area contributed by atoms with Crippen LogP contribution in [0.1, 0.15) is 55.2 Å². The van der Waals surface area contributed by atoms with Crippen LogP contribution >= 0.6 is 0 Å². The van der Waals surface area contributed by atoms with Crippen LogP contribution in [0, 0.1) is 5.92 Å². The average molecular weight is 291 g/mol. The largest absolute Gasteiger partial charge is 0.393 e. The van der Waals surface area contributed by atoms with E-state index in [2.05, 4.69) is 5.10 Å². The molecule has 3 rings (SSSR count). The first-order chi connectivity index (χ1) is 10.1. The summed E-state index contributed by atoms with van der Waals surface area (Å²) in [5.74, 6) is 0.335. The molecule has 2 aliphatic rings. The summed E-state index contributed by atoms with van der Waals surface area (Å²) in [6, 6.07) is 2.11. The monoisotopic (exact) mass is 291 g/mol. The topological polar surface area (TPSA) is 58.4 Å². The maximum absolute atomic E-state index is 12.9. The molecule has 2 fully saturated rings. The van der Waals surface area contributed by atoms with Crippen molar-refractivity contribution in [3.63, 3.8) is 0 Å². The number of aromatic nitrogens is 2. The predicted molar refractivity (Wildman–Crippen MR) is 80.0 cm³/mol. The van der Waals surface area contributed by atoms with Crippen molar-refractivity contribution in [2.45, 2.75) is 57.6 Å². The second-order valence-electron chi connectivity index (χ2n) is 6.37. The molecule has 5 nitrogen and oxygen atoms in total. The highest BCUT2D eigenvalue weighted by atomic mass is 16.3. The number of amides is 1. The number of rotatable bonds is 3. The number of hydrogen-bond acceptors (Lipinski definition) is 3. The van der Waals surface area contributed by atoms with Crippen molar-refractivity contribution in [1.29, 1.82) is 0 Å². The zero-order chi connectivity index (χ0) is 15.0. The molecule has 0 aromatic carbocycles. The van der Waals surface area contributed by atoms with Crippen LogP contribution in [0.4, 0.5) is 0 Å². The highest BCUT2D eigenvalue weighted by Gasteiger charge is 2.40. The van der Waals surface area contributed by atoms with E-state index >= 15 is 0 Å². The van der Waals surface area contributed by atoms with Crippen LogP contribution in [0.5, 0.6) is 0 Å². The Hall–Kier alpha value is -1.36. The van der Waals surface area contributed by atoms with Crippen molar-refractivity contribution in [3.8, 4) is 0 Å². The summed E-state index contributed by atoms with van der Waals surface area (Å²) < 4.78 is 1.70. The summed E-state index contributed by atoms with van der Waals surface area (Å²) in [6.45, 7) is 2.85. The van der Waals surface area contributed by atoms with Crippen LogP contribution < -0.4 is 0 Å². The van der Waals surface area contributed by atoms with E-state index in [0.29, 0.717) is 5.69 Å². The Balaban J connectivity index is 1.81. The average Bonchev–Trinajstić information content (AvgIpc) is 3.16. The fourth-order valence-electron chi connectivity index (χ4n) is 3.95. The third kappa shape index (κ3) is 2.59. The van der Waals surface area contributed by atoms with Gasteiger partial charge in [0.25, 0.3) is 5.91 Å². The van der Waals surface area contributed by atoms with E-state index in [9.17, 15) is 9.90 Å². The number of aryl methyl sites for hydroxylation is 2. The van der Waals surface area contributed by atoms with Gasteiger partial charge in [0.05, 0.1) is 11.8 Å². The minimum Gasteiger partial charge on any atom is -0.393 e. The Morgan fingerprint density at radius 3 is 2.81 bits per heavy atom. The lowest BCUT2D eigenvalue weighted by Crippen LogP contribution is -2.43. The summed E-state index contributed by atoms with van der Waals surface area (Å²) in [4.78, 5) is 14.8. The molecule has 0 spiro atoms. The molecule has 0 bridgehead atoms. The van der Waals surface area contributed by atoms with Gasteiger partial charge in [-0.3, -0.25) is 9.48 Å². The molecular formula is C16H25N3O2. The SMILES string of the molecule is CCc1cc(C(=O)N2CCCC2C2CCCC2O)n(C)n1. The van der Waals surface area contributed by atoms with Crippen molar-refractivity contribution in [3.05, 3.63) is 17.5 Å². The number of carbonyl (C=O) groups excluding carboxylic acids is 1. The highest BCUT2D eigenvalue weighted by Crippen LogP contribution is 2.36. The molecular weight excluding hydrogens is 266 g/mol. The normalized spacial score (nSPS) is 29.3.